The fourth-order valence-electron chi connectivity index (χ4n) is 6.56. The molecule has 2 aromatic rings. The van der Waals surface area contributed by atoms with Gasteiger partial charge in [0.2, 0.25) is 5.72 Å². The number of hydrogen-bond acceptors (Lipinski definition) is 10. The lowest BCUT2D eigenvalue weighted by molar-refractivity contribution is -0.168. The van der Waals surface area contributed by atoms with E-state index in [-0.39, 0.29) is 36.1 Å². The highest BCUT2D eigenvalue weighted by atomic mass is 28.4. The molecule has 0 saturated carbocycles. The lowest BCUT2D eigenvalue weighted by Gasteiger charge is -2.46. The largest absolute Gasteiger partial charge is 0.488 e. The second kappa shape index (κ2) is 11.7. The van der Waals surface area contributed by atoms with Crippen LogP contribution in [0.15, 0.2) is 42.5 Å². The maximum absolute atomic E-state index is 14.0. The summed E-state index contributed by atoms with van der Waals surface area (Å²) in [5.74, 6) is -0.992. The van der Waals surface area contributed by atoms with E-state index in [1.165, 1.54) is 18.9 Å². The van der Waals surface area contributed by atoms with Crippen LogP contribution in [0.4, 0.5) is 10.5 Å². The van der Waals surface area contributed by atoms with Crippen LogP contribution < -0.4 is 9.64 Å². The molecule has 254 valence electrons. The van der Waals surface area contributed by atoms with Crippen molar-refractivity contribution in [3.8, 4) is 5.75 Å². The Morgan fingerprint density at radius 2 is 1.70 bits per heavy atom. The third-order valence-electron chi connectivity index (χ3n) is 9.79. The molecule has 2 saturated heterocycles. The number of aldehydes is 1. The Labute approximate surface area is 277 Å². The molecule has 1 amide bonds. The van der Waals surface area contributed by atoms with Crippen molar-refractivity contribution in [3.05, 3.63) is 59.2 Å². The van der Waals surface area contributed by atoms with E-state index in [0.29, 0.717) is 11.3 Å². The van der Waals surface area contributed by atoms with Gasteiger partial charge in [0, 0.05) is 24.7 Å². The molecule has 0 N–H and O–H groups in total. The van der Waals surface area contributed by atoms with Gasteiger partial charge in [0.15, 0.2) is 8.32 Å². The molecule has 5 rings (SSSR count). The molecule has 0 radical (unpaired) electrons. The number of benzene rings is 2. The van der Waals surface area contributed by atoms with Crippen LogP contribution in [0.25, 0.3) is 0 Å². The molecule has 0 bridgehead atoms. The molecular weight excluding hydrogens is 620 g/mol. The van der Waals surface area contributed by atoms with Gasteiger partial charge in [-0.05, 0) is 56.6 Å². The van der Waals surface area contributed by atoms with Crippen molar-refractivity contribution >= 4 is 38.3 Å². The van der Waals surface area contributed by atoms with Gasteiger partial charge in [-0.3, -0.25) is 9.69 Å². The summed E-state index contributed by atoms with van der Waals surface area (Å²) >= 11 is 0. The van der Waals surface area contributed by atoms with Crippen molar-refractivity contribution in [1.29, 1.82) is 0 Å². The summed E-state index contributed by atoms with van der Waals surface area (Å²) in [5.41, 5.74) is -2.20. The molecule has 3 aliphatic rings. The van der Waals surface area contributed by atoms with E-state index in [2.05, 4.69) is 33.9 Å². The van der Waals surface area contributed by atoms with E-state index in [4.69, 9.17) is 23.4 Å². The molecule has 3 aliphatic heterocycles. The van der Waals surface area contributed by atoms with Crippen molar-refractivity contribution in [1.82, 2.24) is 4.90 Å². The number of carbonyl (C=O) groups is 4. The number of ether oxygens (including phenoxy) is 4. The molecule has 1 unspecified atom stereocenters. The van der Waals surface area contributed by atoms with Gasteiger partial charge in [-0.25, -0.2) is 9.59 Å². The van der Waals surface area contributed by atoms with Crippen LogP contribution in [0, 0.1) is 0 Å². The standard InChI is InChI=1S/C35H46N2O9Si/c1-22(39)45-35-29-26(37(29)31(41)46-32(2,3)4)18-36(35)25-16-24(30(40)42-8)17-27(43-19-23-14-12-11-13-15-23)28(25)34(35,20-38)21-44-47(9,10)33(5,6)7/h11-17,20,26,29H,18-19,21H2,1-10H3/t26-,29-,34-,35?,37?/m0/s1. The van der Waals surface area contributed by atoms with Crippen LogP contribution in [0.3, 0.4) is 0 Å². The summed E-state index contributed by atoms with van der Waals surface area (Å²) < 4.78 is 30.4. The lowest BCUT2D eigenvalue weighted by atomic mass is 9.73. The molecule has 12 heteroatoms. The quantitative estimate of drug-likeness (QED) is 0.110. The predicted octanol–water partition coefficient (Wildman–Crippen LogP) is 5.59. The van der Waals surface area contributed by atoms with Crippen LogP contribution in [0.1, 0.15) is 70.0 Å². The summed E-state index contributed by atoms with van der Waals surface area (Å²) in [6.45, 7) is 17.2. The number of amides is 1. The van der Waals surface area contributed by atoms with Gasteiger partial charge < -0.3 is 33.1 Å². The average Bonchev–Trinajstić information content (AvgIpc) is 3.55. The number of rotatable bonds is 9. The molecular formula is C35H46N2O9Si. The summed E-state index contributed by atoms with van der Waals surface area (Å²) in [5, 5.41) is -0.214. The topological polar surface area (TPSA) is 121 Å². The number of nitrogens with zero attached hydrogens (tertiary/aromatic N) is 2. The number of hydrogen-bond donors (Lipinski definition) is 0. The fourth-order valence-corrected chi connectivity index (χ4v) is 7.58. The summed E-state index contributed by atoms with van der Waals surface area (Å²) in [6.07, 6.45) is 0.193. The molecule has 3 heterocycles. The third kappa shape index (κ3) is 5.69. The zero-order valence-electron chi connectivity index (χ0n) is 29.0. The molecule has 0 aliphatic carbocycles. The van der Waals surface area contributed by atoms with E-state index in [1.807, 2.05) is 35.2 Å². The highest BCUT2D eigenvalue weighted by Gasteiger charge is 2.83. The van der Waals surface area contributed by atoms with Gasteiger partial charge in [-0.2, -0.15) is 0 Å². The summed E-state index contributed by atoms with van der Waals surface area (Å²) in [7, 11) is -1.23. The monoisotopic (exact) mass is 666 g/mol. The zero-order chi connectivity index (χ0) is 34.7. The Morgan fingerprint density at radius 1 is 1.04 bits per heavy atom. The summed E-state index contributed by atoms with van der Waals surface area (Å²) in [4.78, 5) is 57.0. The SMILES string of the molecule is COC(=O)c1cc(OCc2ccccc2)c2c(c1)N1C[C@H]3[C@H](N3C(=O)OC(C)(C)C)C1(OC(C)=O)[C@@]2(C=O)CO[Si](C)(C)C(C)(C)C. The number of carbonyl (C=O) groups excluding carboxylic acids is 4. The van der Waals surface area contributed by atoms with Gasteiger partial charge in [0.1, 0.15) is 35.7 Å². The fraction of sp³-hybridized carbons (Fsp3) is 0.543. The van der Waals surface area contributed by atoms with E-state index in [0.717, 1.165) is 11.8 Å². The van der Waals surface area contributed by atoms with E-state index in [1.54, 1.807) is 32.9 Å². The Bertz CT molecular complexity index is 1580. The first-order valence-corrected chi connectivity index (χ1v) is 18.8. The maximum Gasteiger partial charge on any atom is 0.411 e. The van der Waals surface area contributed by atoms with Gasteiger partial charge in [-0.15, -0.1) is 0 Å². The highest BCUT2D eigenvalue weighted by molar-refractivity contribution is 6.74. The molecule has 0 aromatic heterocycles. The van der Waals surface area contributed by atoms with Crippen LogP contribution in [-0.4, -0.2) is 81.2 Å². The minimum atomic E-state index is -2.51. The molecule has 0 spiro atoms. The smallest absolute Gasteiger partial charge is 0.411 e. The molecule has 2 aromatic carbocycles. The zero-order valence-corrected chi connectivity index (χ0v) is 30.0. The van der Waals surface area contributed by atoms with E-state index in [9.17, 15) is 19.2 Å². The van der Waals surface area contributed by atoms with Gasteiger partial charge >= 0.3 is 18.0 Å². The first-order chi connectivity index (χ1) is 21.8. The third-order valence-corrected chi connectivity index (χ3v) is 14.3. The van der Waals surface area contributed by atoms with Crippen molar-refractivity contribution in [3.63, 3.8) is 0 Å². The van der Waals surface area contributed by atoms with Crippen molar-refractivity contribution in [2.45, 2.75) is 102 Å². The second-order valence-electron chi connectivity index (χ2n) is 15.1. The molecule has 47 heavy (non-hydrogen) atoms. The van der Waals surface area contributed by atoms with Crippen molar-refractivity contribution in [2.75, 3.05) is 25.2 Å². The van der Waals surface area contributed by atoms with Crippen LogP contribution >= 0.6 is 0 Å². The Balaban J connectivity index is 1.75. The number of piperazine rings is 1. The normalized spacial score (nSPS) is 24.6. The Hall–Kier alpha value is -3.90. The van der Waals surface area contributed by atoms with Crippen LogP contribution in [0.2, 0.25) is 18.1 Å². The average molecular weight is 667 g/mol. The van der Waals surface area contributed by atoms with E-state index >= 15 is 0 Å². The van der Waals surface area contributed by atoms with Gasteiger partial charge in [-0.1, -0.05) is 51.1 Å². The molecule has 4 atom stereocenters. The predicted molar refractivity (Wildman–Crippen MR) is 177 cm³/mol. The first-order valence-electron chi connectivity index (χ1n) is 15.9. The summed E-state index contributed by atoms with van der Waals surface area (Å²) in [6, 6.07) is 11.5. The number of esters is 2. The first kappa shape index (κ1) is 34.4. The molecule has 2 fully saturated rings. The van der Waals surface area contributed by atoms with Gasteiger partial charge in [0.05, 0.1) is 25.3 Å². The second-order valence-corrected chi connectivity index (χ2v) is 19.9. The number of anilines is 1. The van der Waals surface area contributed by atoms with Crippen LogP contribution in [0.5, 0.6) is 5.75 Å². The minimum absolute atomic E-state index is 0.132. The van der Waals surface area contributed by atoms with E-state index < -0.39 is 55.2 Å². The van der Waals surface area contributed by atoms with Crippen LogP contribution in [-0.2, 0) is 40.2 Å². The lowest BCUT2D eigenvalue weighted by Crippen LogP contribution is -2.66. The number of methoxy groups -OCH3 is 1. The molecule has 11 nitrogen and oxygen atoms in total. The Morgan fingerprint density at radius 3 is 2.26 bits per heavy atom. The van der Waals surface area contributed by atoms with Crippen molar-refractivity contribution < 1.29 is 42.6 Å². The maximum atomic E-state index is 14.0. The number of fused-ring (bicyclic) bond motifs is 5. The highest BCUT2D eigenvalue weighted by Crippen LogP contribution is 2.65. The van der Waals surface area contributed by atoms with Gasteiger partial charge in [0.25, 0.3) is 0 Å². The Kier molecular flexibility index (Phi) is 8.54. The minimum Gasteiger partial charge on any atom is -0.488 e. The van der Waals surface area contributed by atoms with Crippen molar-refractivity contribution in [2.24, 2.45) is 0 Å².